The van der Waals surface area contributed by atoms with Gasteiger partial charge in [-0.15, -0.1) is 11.3 Å². The van der Waals surface area contributed by atoms with E-state index in [0.717, 1.165) is 16.3 Å². The molecule has 2 aromatic rings. The Balaban J connectivity index is 1.94. The van der Waals surface area contributed by atoms with E-state index in [0.29, 0.717) is 6.42 Å². The molecule has 2 unspecified atom stereocenters. The number of fused-ring (bicyclic) bond motifs is 1. The normalized spacial score (nSPS) is 19.8. The molecule has 1 aromatic carbocycles. The number of carbonyl (C=O) groups excluding carboxylic acids is 2. The Morgan fingerprint density at radius 1 is 1.26 bits per heavy atom. The van der Waals surface area contributed by atoms with Gasteiger partial charge in [0.1, 0.15) is 0 Å². The van der Waals surface area contributed by atoms with E-state index in [2.05, 4.69) is 5.32 Å². The van der Waals surface area contributed by atoms with Crippen molar-refractivity contribution in [2.24, 2.45) is 0 Å². The first-order valence-electron chi connectivity index (χ1n) is 7.42. The van der Waals surface area contributed by atoms with Crippen molar-refractivity contribution in [1.82, 2.24) is 0 Å². The molecule has 0 bridgehead atoms. The van der Waals surface area contributed by atoms with Gasteiger partial charge in [-0.2, -0.15) is 0 Å². The van der Waals surface area contributed by atoms with Gasteiger partial charge in [0, 0.05) is 11.7 Å². The molecule has 2 amide bonds. The molecule has 1 aliphatic heterocycles. The predicted octanol–water partition coefficient (Wildman–Crippen LogP) is 3.84. The maximum Gasteiger partial charge on any atom is 0.327 e. The number of hydrogen-bond donors (Lipinski definition) is 1. The van der Waals surface area contributed by atoms with Crippen molar-refractivity contribution in [1.29, 1.82) is 0 Å². The third kappa shape index (κ3) is 2.94. The summed E-state index contributed by atoms with van der Waals surface area (Å²) in [7, 11) is 1.39. The van der Waals surface area contributed by atoms with Crippen LogP contribution in [0.4, 0.5) is 15.5 Å². The van der Waals surface area contributed by atoms with E-state index >= 15 is 0 Å². The molecule has 1 aliphatic rings. The van der Waals surface area contributed by atoms with Crippen LogP contribution >= 0.6 is 11.3 Å². The quantitative estimate of drug-likeness (QED) is 0.851. The first-order chi connectivity index (χ1) is 11.1. The number of esters is 1. The topological polar surface area (TPSA) is 58.6 Å². The molecule has 0 saturated carbocycles. The number of methoxy groups -OCH3 is 1. The number of thiophene rings is 1. The second-order valence-corrected chi connectivity index (χ2v) is 6.44. The number of amides is 2. The number of rotatable bonds is 2. The molecule has 0 spiro atoms. The van der Waals surface area contributed by atoms with Crippen LogP contribution in [-0.2, 0) is 9.53 Å². The monoisotopic (exact) mass is 330 g/mol. The highest BCUT2D eigenvalue weighted by Gasteiger charge is 2.37. The van der Waals surface area contributed by atoms with Crippen molar-refractivity contribution >= 4 is 34.0 Å². The summed E-state index contributed by atoms with van der Waals surface area (Å²) in [6.07, 6.45) is 0.543. The minimum Gasteiger partial charge on any atom is -0.469 e. The van der Waals surface area contributed by atoms with Crippen LogP contribution in [0.25, 0.3) is 0 Å². The highest BCUT2D eigenvalue weighted by molar-refractivity contribution is 7.14. The molecule has 6 heteroatoms. The van der Waals surface area contributed by atoms with Crippen molar-refractivity contribution < 1.29 is 14.3 Å². The van der Waals surface area contributed by atoms with Crippen molar-refractivity contribution in [3.63, 3.8) is 0 Å². The number of anilines is 2. The molecule has 0 saturated heterocycles. The van der Waals surface area contributed by atoms with Crippen LogP contribution in [0.3, 0.4) is 0 Å². The van der Waals surface area contributed by atoms with Gasteiger partial charge in [-0.25, -0.2) is 4.79 Å². The Kier molecular flexibility index (Phi) is 4.34. The van der Waals surface area contributed by atoms with Crippen LogP contribution in [0.2, 0.25) is 0 Å². The maximum atomic E-state index is 12.7. The molecule has 23 heavy (non-hydrogen) atoms. The zero-order chi connectivity index (χ0) is 16.4. The lowest BCUT2D eigenvalue weighted by Crippen LogP contribution is -2.46. The average molecular weight is 330 g/mol. The minimum absolute atomic E-state index is 0.103. The molecule has 5 nitrogen and oxygen atoms in total. The summed E-state index contributed by atoms with van der Waals surface area (Å²) in [6.45, 7) is 1.94. The first-order valence-corrected chi connectivity index (χ1v) is 8.30. The van der Waals surface area contributed by atoms with Crippen molar-refractivity contribution in [3.8, 4) is 0 Å². The number of nitrogens with one attached hydrogen (secondary N) is 1. The van der Waals surface area contributed by atoms with Crippen LogP contribution in [0, 0.1) is 0 Å². The molecule has 120 valence electrons. The molecule has 0 fully saturated rings. The average Bonchev–Trinajstić information content (AvgIpc) is 3.06. The molecule has 1 aromatic heterocycles. The molecule has 0 radical (unpaired) electrons. The Morgan fingerprint density at radius 2 is 2.04 bits per heavy atom. The molecular weight excluding hydrogens is 312 g/mol. The zero-order valence-corrected chi connectivity index (χ0v) is 13.8. The number of benzene rings is 1. The highest BCUT2D eigenvalue weighted by atomic mass is 32.1. The van der Waals surface area contributed by atoms with E-state index in [1.807, 2.05) is 48.7 Å². The van der Waals surface area contributed by atoms with Gasteiger partial charge >= 0.3 is 12.0 Å². The fraction of sp³-hybridized carbons (Fsp3) is 0.294. The number of urea groups is 1. The lowest BCUT2D eigenvalue weighted by molar-refractivity contribution is -0.142. The molecule has 0 aliphatic carbocycles. The Labute approximate surface area is 138 Å². The Bertz CT molecular complexity index is 714. The van der Waals surface area contributed by atoms with E-state index in [1.165, 1.54) is 18.4 Å². The van der Waals surface area contributed by atoms with E-state index in [9.17, 15) is 9.59 Å². The summed E-state index contributed by atoms with van der Waals surface area (Å²) >= 11 is 1.47. The number of ether oxygens (including phenoxy) is 1. The smallest absolute Gasteiger partial charge is 0.327 e. The Morgan fingerprint density at radius 3 is 2.74 bits per heavy atom. The van der Waals surface area contributed by atoms with Crippen molar-refractivity contribution in [2.75, 3.05) is 17.3 Å². The maximum absolute atomic E-state index is 12.7. The fourth-order valence-corrected chi connectivity index (χ4v) is 3.61. The SMILES string of the molecule is COC(=O)C1CC(C)N(C(=O)Nc2cccs2)c2ccccc21. The molecule has 2 heterocycles. The number of nitrogens with zero attached hydrogens (tertiary/aromatic N) is 1. The molecule has 3 rings (SSSR count). The van der Waals surface area contributed by atoms with Crippen molar-refractivity contribution in [2.45, 2.75) is 25.3 Å². The van der Waals surface area contributed by atoms with Crippen LogP contribution in [0.1, 0.15) is 24.8 Å². The van der Waals surface area contributed by atoms with Crippen LogP contribution < -0.4 is 10.2 Å². The predicted molar refractivity (Wildman–Crippen MR) is 91.1 cm³/mol. The van der Waals surface area contributed by atoms with Gasteiger partial charge < -0.3 is 4.74 Å². The number of para-hydroxylation sites is 1. The van der Waals surface area contributed by atoms with Crippen LogP contribution in [0.5, 0.6) is 0 Å². The molecule has 1 N–H and O–H groups in total. The van der Waals surface area contributed by atoms with E-state index < -0.39 is 0 Å². The van der Waals surface area contributed by atoms with Gasteiger partial charge in [0.25, 0.3) is 0 Å². The molecule has 2 atom stereocenters. The second-order valence-electron chi connectivity index (χ2n) is 5.50. The minimum atomic E-state index is -0.336. The summed E-state index contributed by atoms with van der Waals surface area (Å²) in [6, 6.07) is 11.0. The fourth-order valence-electron chi connectivity index (χ4n) is 3.00. The first kappa shape index (κ1) is 15.6. The standard InChI is InChI=1S/C17H18N2O3S/c1-11-10-13(16(20)22-2)12-6-3-4-7-14(12)19(11)17(21)18-15-8-5-9-23-15/h3-9,11,13H,10H2,1-2H3,(H,18,21). The van der Waals surface area contributed by atoms with Gasteiger partial charge in [-0.1, -0.05) is 18.2 Å². The third-order valence-corrected chi connectivity index (χ3v) is 4.83. The Hall–Kier alpha value is -2.34. The van der Waals surface area contributed by atoms with Gasteiger partial charge in [0.05, 0.1) is 18.0 Å². The van der Waals surface area contributed by atoms with Gasteiger partial charge in [-0.05, 0) is 42.5 Å². The number of hydrogen-bond acceptors (Lipinski definition) is 4. The lowest BCUT2D eigenvalue weighted by Gasteiger charge is -2.38. The summed E-state index contributed by atoms with van der Waals surface area (Å²) in [5.74, 6) is -0.598. The summed E-state index contributed by atoms with van der Waals surface area (Å²) < 4.78 is 4.92. The van der Waals surface area contributed by atoms with Gasteiger partial charge in [-0.3, -0.25) is 15.0 Å². The highest BCUT2D eigenvalue weighted by Crippen LogP contribution is 2.39. The lowest BCUT2D eigenvalue weighted by atomic mass is 9.86. The number of carbonyl (C=O) groups is 2. The van der Waals surface area contributed by atoms with Crippen LogP contribution in [0.15, 0.2) is 41.8 Å². The van der Waals surface area contributed by atoms with E-state index in [-0.39, 0.29) is 24.0 Å². The van der Waals surface area contributed by atoms with E-state index in [1.54, 1.807) is 4.90 Å². The summed E-state index contributed by atoms with van der Waals surface area (Å²) in [5, 5.41) is 5.62. The molecular formula is C17H18N2O3S. The second kappa shape index (κ2) is 6.42. The van der Waals surface area contributed by atoms with Gasteiger partial charge in [0.2, 0.25) is 0 Å². The zero-order valence-electron chi connectivity index (χ0n) is 13.0. The summed E-state index contributed by atoms with van der Waals surface area (Å²) in [5.41, 5.74) is 1.59. The van der Waals surface area contributed by atoms with Gasteiger partial charge in [0.15, 0.2) is 0 Å². The summed E-state index contributed by atoms with van der Waals surface area (Å²) in [4.78, 5) is 26.5. The third-order valence-electron chi connectivity index (χ3n) is 4.05. The van der Waals surface area contributed by atoms with Crippen LogP contribution in [-0.4, -0.2) is 25.2 Å². The van der Waals surface area contributed by atoms with Crippen molar-refractivity contribution in [3.05, 3.63) is 47.3 Å². The largest absolute Gasteiger partial charge is 0.469 e. The van der Waals surface area contributed by atoms with E-state index in [4.69, 9.17) is 4.74 Å².